The van der Waals surface area contributed by atoms with Gasteiger partial charge in [0.2, 0.25) is 0 Å². The van der Waals surface area contributed by atoms with Crippen molar-refractivity contribution in [2.45, 2.75) is 45.2 Å². The predicted octanol–water partition coefficient (Wildman–Crippen LogP) is 7.76. The van der Waals surface area contributed by atoms with Gasteiger partial charge in [-0.2, -0.15) is 13.2 Å². The minimum atomic E-state index is -4.74. The fourth-order valence-electron chi connectivity index (χ4n) is 5.69. The van der Waals surface area contributed by atoms with Gasteiger partial charge in [0, 0.05) is 28.9 Å². The molecule has 3 aromatic rings. The molecule has 5 rings (SSSR count). The zero-order valence-electron chi connectivity index (χ0n) is 22.2. The monoisotopic (exact) mass is 589 g/mol. The summed E-state index contributed by atoms with van der Waals surface area (Å²) in [4.78, 5) is 31.5. The number of carboxylic acids is 1. The number of thiazole rings is 1. The molecule has 3 heterocycles. The summed E-state index contributed by atoms with van der Waals surface area (Å²) >= 11 is 2.16. The average molecular weight is 590 g/mol. The van der Waals surface area contributed by atoms with Gasteiger partial charge in [-0.1, -0.05) is 25.8 Å². The third kappa shape index (κ3) is 6.01. The normalized spacial score (nSPS) is 20.5. The molecule has 1 fully saturated rings. The van der Waals surface area contributed by atoms with Gasteiger partial charge in [-0.3, -0.25) is 4.79 Å². The van der Waals surface area contributed by atoms with Crippen molar-refractivity contribution in [1.82, 2.24) is 9.88 Å². The summed E-state index contributed by atoms with van der Waals surface area (Å²) in [5.74, 6) is -0.750. The Morgan fingerprint density at radius 2 is 1.90 bits per heavy atom. The first-order valence-corrected chi connectivity index (χ1v) is 15.0. The van der Waals surface area contributed by atoms with Crippen molar-refractivity contribution in [3.05, 3.63) is 62.4 Å². The molecule has 1 aliphatic heterocycles. The predicted molar refractivity (Wildman–Crippen MR) is 152 cm³/mol. The average Bonchev–Trinajstić information content (AvgIpc) is 3.60. The molecule has 1 saturated carbocycles. The van der Waals surface area contributed by atoms with Crippen LogP contribution in [0.15, 0.2) is 40.7 Å². The molecule has 2 N–H and O–H groups in total. The Kier molecular flexibility index (Phi) is 8.17. The highest BCUT2D eigenvalue weighted by atomic mass is 32.1. The number of hydrogen-bond acceptors (Lipinski definition) is 6. The van der Waals surface area contributed by atoms with Crippen LogP contribution in [0.4, 0.5) is 18.9 Å². The lowest BCUT2D eigenvalue weighted by atomic mass is 9.75. The van der Waals surface area contributed by atoms with Crippen LogP contribution in [0.25, 0.3) is 16.0 Å². The van der Waals surface area contributed by atoms with E-state index in [0.29, 0.717) is 28.7 Å². The van der Waals surface area contributed by atoms with E-state index < -0.39 is 23.6 Å². The van der Waals surface area contributed by atoms with E-state index in [2.05, 4.69) is 29.2 Å². The summed E-state index contributed by atoms with van der Waals surface area (Å²) in [5, 5.41) is 13.9. The van der Waals surface area contributed by atoms with E-state index in [-0.39, 0.29) is 21.8 Å². The highest BCUT2D eigenvalue weighted by Gasteiger charge is 2.35. The molecule has 2 aliphatic rings. The molecule has 2 aromatic heterocycles. The molecule has 1 aliphatic carbocycles. The number of halogens is 3. The minimum absolute atomic E-state index is 0.0332. The number of carboxylic acid groups (broad SMARTS) is 1. The Morgan fingerprint density at radius 1 is 1.15 bits per heavy atom. The number of nitrogens with zero attached hydrogens (tertiary/aromatic N) is 2. The van der Waals surface area contributed by atoms with Crippen molar-refractivity contribution in [2.24, 2.45) is 11.8 Å². The zero-order valence-corrected chi connectivity index (χ0v) is 23.8. The number of carbonyl (C=O) groups is 2. The molecule has 212 valence electrons. The van der Waals surface area contributed by atoms with E-state index in [1.54, 1.807) is 6.07 Å². The molecule has 1 aromatic carbocycles. The number of rotatable bonds is 6. The summed E-state index contributed by atoms with van der Waals surface area (Å²) in [6.07, 6.45) is 0.364. The largest absolute Gasteiger partial charge is 0.477 e. The van der Waals surface area contributed by atoms with Crippen molar-refractivity contribution in [1.29, 1.82) is 0 Å². The van der Waals surface area contributed by atoms with Crippen LogP contribution in [0.5, 0.6) is 0 Å². The first-order chi connectivity index (χ1) is 19.0. The first kappa shape index (κ1) is 28.5. The van der Waals surface area contributed by atoms with E-state index in [1.807, 2.05) is 0 Å². The maximum Gasteiger partial charge on any atom is 0.418 e. The minimum Gasteiger partial charge on any atom is -0.477 e. The second-order valence-electron chi connectivity index (χ2n) is 10.7. The number of anilines is 1. The molecule has 11 heteroatoms. The maximum absolute atomic E-state index is 14.1. The van der Waals surface area contributed by atoms with E-state index in [1.165, 1.54) is 39.9 Å². The van der Waals surface area contributed by atoms with Gasteiger partial charge in [0.15, 0.2) is 0 Å². The van der Waals surface area contributed by atoms with Gasteiger partial charge in [-0.05, 0) is 73.1 Å². The Balaban J connectivity index is 1.55. The molecule has 0 spiro atoms. The van der Waals surface area contributed by atoms with Crippen LogP contribution in [0, 0.1) is 11.8 Å². The van der Waals surface area contributed by atoms with Crippen molar-refractivity contribution >= 4 is 45.8 Å². The van der Waals surface area contributed by atoms with E-state index in [4.69, 9.17) is 0 Å². The zero-order chi connectivity index (χ0) is 28.6. The fourth-order valence-corrected chi connectivity index (χ4v) is 7.24. The Labute approximate surface area is 238 Å². The molecule has 0 radical (unpaired) electrons. The highest BCUT2D eigenvalue weighted by molar-refractivity contribution is 7.17. The number of aromatic nitrogens is 1. The molecule has 1 amide bonds. The van der Waals surface area contributed by atoms with Gasteiger partial charge in [0.25, 0.3) is 5.91 Å². The number of carbonyl (C=O) groups excluding carboxylic acids is 1. The Morgan fingerprint density at radius 3 is 2.55 bits per heavy atom. The second kappa shape index (κ2) is 11.5. The summed E-state index contributed by atoms with van der Waals surface area (Å²) in [6, 6.07) is 5.42. The summed E-state index contributed by atoms with van der Waals surface area (Å²) in [6.45, 7) is 3.82. The molecule has 0 saturated heterocycles. The third-order valence-corrected chi connectivity index (χ3v) is 9.61. The molecular weight excluding hydrogens is 559 g/mol. The van der Waals surface area contributed by atoms with Crippen molar-refractivity contribution in [3.8, 4) is 10.4 Å². The standard InChI is InChI=1S/C29H30F3N3O3S2/c1-16-3-5-17(6-4-16)21-13-35(2)10-9-19(21)20-12-25(40-26(20)28(37)38)18-7-8-23(22(11-18)29(30,31)32)34-27(36)24-14-39-15-33-24/h7-8,11-12,14-17H,3-6,9-10,13H2,1-2H3,(H,34,36)(H,37,38). The van der Waals surface area contributed by atoms with Gasteiger partial charge in [-0.15, -0.1) is 22.7 Å². The van der Waals surface area contributed by atoms with Crippen LogP contribution in [0.1, 0.15) is 70.3 Å². The van der Waals surface area contributed by atoms with Crippen LogP contribution in [-0.4, -0.2) is 47.0 Å². The lowest BCUT2D eigenvalue weighted by Crippen LogP contribution is -2.31. The van der Waals surface area contributed by atoms with Gasteiger partial charge in [0.1, 0.15) is 10.6 Å². The lowest BCUT2D eigenvalue weighted by Gasteiger charge is -2.35. The van der Waals surface area contributed by atoms with E-state index in [9.17, 15) is 27.9 Å². The molecule has 0 unspecified atom stereocenters. The number of nitrogens with one attached hydrogen (secondary N) is 1. The van der Waals surface area contributed by atoms with Crippen LogP contribution in [0.2, 0.25) is 0 Å². The SMILES string of the molecule is CC1CCC(C2=C(c3cc(-c4ccc(NC(=O)c5cscn5)c(C(F)(F)F)c4)sc3C(=O)O)CCN(C)C2)CC1. The van der Waals surface area contributed by atoms with Crippen LogP contribution in [-0.2, 0) is 6.18 Å². The maximum atomic E-state index is 14.1. The molecule has 0 atom stereocenters. The number of thiophene rings is 1. The number of aromatic carboxylic acids is 1. The van der Waals surface area contributed by atoms with Crippen molar-refractivity contribution in [2.75, 3.05) is 25.5 Å². The lowest BCUT2D eigenvalue weighted by molar-refractivity contribution is -0.136. The van der Waals surface area contributed by atoms with Gasteiger partial charge < -0.3 is 15.3 Å². The first-order valence-electron chi connectivity index (χ1n) is 13.2. The molecule has 6 nitrogen and oxygen atoms in total. The van der Waals surface area contributed by atoms with E-state index in [0.717, 1.165) is 61.7 Å². The van der Waals surface area contributed by atoms with Crippen LogP contribution in [0.3, 0.4) is 0 Å². The van der Waals surface area contributed by atoms with Gasteiger partial charge in [-0.25, -0.2) is 9.78 Å². The quantitative estimate of drug-likeness (QED) is 0.307. The number of hydrogen-bond donors (Lipinski definition) is 2. The van der Waals surface area contributed by atoms with Gasteiger partial charge in [0.05, 0.1) is 16.8 Å². The topological polar surface area (TPSA) is 82.5 Å². The molecule has 0 bridgehead atoms. The third-order valence-electron chi connectivity index (χ3n) is 7.85. The van der Waals surface area contributed by atoms with Gasteiger partial charge >= 0.3 is 12.1 Å². The Hall–Kier alpha value is -3.02. The van der Waals surface area contributed by atoms with Crippen molar-refractivity contribution in [3.63, 3.8) is 0 Å². The number of benzene rings is 1. The van der Waals surface area contributed by atoms with E-state index >= 15 is 0 Å². The second-order valence-corrected chi connectivity index (χ2v) is 12.5. The van der Waals surface area contributed by atoms with Crippen LogP contribution >= 0.6 is 22.7 Å². The highest BCUT2D eigenvalue weighted by Crippen LogP contribution is 2.45. The summed E-state index contributed by atoms with van der Waals surface area (Å²) in [7, 11) is 2.06. The number of alkyl halides is 3. The smallest absolute Gasteiger partial charge is 0.418 e. The number of amides is 1. The van der Waals surface area contributed by atoms with Crippen molar-refractivity contribution < 1.29 is 27.9 Å². The fraction of sp³-hybridized carbons (Fsp3) is 0.414. The molecular formula is C29H30F3N3O3S2. The molecule has 40 heavy (non-hydrogen) atoms. The number of likely N-dealkylation sites (N-methyl/N-ethyl adjacent to an activating group) is 1. The summed E-state index contributed by atoms with van der Waals surface area (Å²) < 4.78 is 42.3. The Bertz CT molecular complexity index is 1440. The summed E-state index contributed by atoms with van der Waals surface area (Å²) in [5.41, 5.74) is 3.24. The van der Waals surface area contributed by atoms with Crippen LogP contribution < -0.4 is 5.32 Å².